The number of aliphatic hydroxyl groups excluding tert-OH is 1. The molecule has 0 unspecified atom stereocenters. The monoisotopic (exact) mass is 322 g/mol. The summed E-state index contributed by atoms with van der Waals surface area (Å²) in [7, 11) is 0. The average Bonchev–Trinajstić information content (AvgIpc) is 2.38. The molecule has 2 aromatic carbocycles. The molecular formula is C14H11BrO4. The van der Waals surface area contributed by atoms with Crippen molar-refractivity contribution in [3.05, 3.63) is 58.1 Å². The predicted molar refractivity (Wildman–Crippen MR) is 73.5 cm³/mol. The van der Waals surface area contributed by atoms with E-state index in [1.807, 2.05) is 0 Å². The second-order valence-corrected chi connectivity index (χ2v) is 4.71. The van der Waals surface area contributed by atoms with Gasteiger partial charge in [-0.05, 0) is 51.8 Å². The van der Waals surface area contributed by atoms with Crippen molar-refractivity contribution in [3.8, 4) is 11.5 Å². The third-order valence-corrected chi connectivity index (χ3v) is 3.14. The normalized spacial score (nSPS) is 10.2. The fraction of sp³-hybridized carbons (Fsp3) is 0.0714. The summed E-state index contributed by atoms with van der Waals surface area (Å²) in [6, 6.07) is 11.7. The molecule has 19 heavy (non-hydrogen) atoms. The van der Waals surface area contributed by atoms with Crippen LogP contribution < -0.4 is 4.74 Å². The van der Waals surface area contributed by atoms with Gasteiger partial charge < -0.3 is 14.9 Å². The van der Waals surface area contributed by atoms with Crippen LogP contribution in [0.2, 0.25) is 0 Å². The van der Waals surface area contributed by atoms with E-state index in [1.54, 1.807) is 36.4 Å². The van der Waals surface area contributed by atoms with Crippen LogP contribution in [0.15, 0.2) is 46.9 Å². The summed E-state index contributed by atoms with van der Waals surface area (Å²) >= 11 is 3.19. The van der Waals surface area contributed by atoms with Gasteiger partial charge in [-0.15, -0.1) is 0 Å². The lowest BCUT2D eigenvalue weighted by Crippen LogP contribution is -1.97. The minimum atomic E-state index is -0.999. The van der Waals surface area contributed by atoms with Crippen LogP contribution in [-0.2, 0) is 6.61 Å². The Morgan fingerprint density at radius 1 is 1.16 bits per heavy atom. The Labute approximate surface area is 118 Å². The summed E-state index contributed by atoms with van der Waals surface area (Å²) in [5.74, 6) is 0.106. The van der Waals surface area contributed by atoms with Gasteiger partial charge in [0.25, 0.3) is 0 Å². The zero-order chi connectivity index (χ0) is 13.8. The number of halogens is 1. The molecule has 2 aromatic rings. The molecule has 4 nitrogen and oxygen atoms in total. The Morgan fingerprint density at radius 3 is 2.53 bits per heavy atom. The van der Waals surface area contributed by atoms with Gasteiger partial charge in [0.15, 0.2) is 0 Å². The maximum atomic E-state index is 10.9. The first kappa shape index (κ1) is 13.6. The van der Waals surface area contributed by atoms with Crippen LogP contribution in [0.3, 0.4) is 0 Å². The van der Waals surface area contributed by atoms with Gasteiger partial charge >= 0.3 is 5.97 Å². The van der Waals surface area contributed by atoms with Gasteiger partial charge in [0, 0.05) is 4.47 Å². The number of hydrogen-bond acceptors (Lipinski definition) is 3. The maximum absolute atomic E-state index is 10.9. The van der Waals surface area contributed by atoms with Crippen LogP contribution in [0.1, 0.15) is 15.9 Å². The van der Waals surface area contributed by atoms with E-state index in [0.29, 0.717) is 16.0 Å². The summed E-state index contributed by atoms with van der Waals surface area (Å²) in [6.45, 7) is -0.0567. The average molecular weight is 323 g/mol. The number of carbonyl (C=O) groups is 1. The van der Waals surface area contributed by atoms with Crippen LogP contribution in [0, 0.1) is 0 Å². The van der Waals surface area contributed by atoms with E-state index in [2.05, 4.69) is 15.9 Å². The van der Waals surface area contributed by atoms with Gasteiger partial charge in [-0.3, -0.25) is 0 Å². The fourth-order valence-corrected chi connectivity index (χ4v) is 2.10. The molecule has 0 aromatic heterocycles. The third kappa shape index (κ3) is 3.33. The molecule has 0 heterocycles. The molecule has 0 aliphatic heterocycles. The summed E-state index contributed by atoms with van der Waals surface area (Å²) in [4.78, 5) is 10.9. The van der Waals surface area contributed by atoms with Crippen LogP contribution >= 0.6 is 15.9 Å². The Balaban J connectivity index is 2.23. The van der Waals surface area contributed by atoms with E-state index < -0.39 is 5.97 Å². The highest BCUT2D eigenvalue weighted by atomic mass is 79.9. The number of aliphatic hydroxyl groups is 1. The number of carboxylic acid groups (broad SMARTS) is 1. The number of benzene rings is 2. The van der Waals surface area contributed by atoms with Crippen molar-refractivity contribution in [2.45, 2.75) is 6.61 Å². The van der Waals surface area contributed by atoms with Crippen molar-refractivity contribution in [1.82, 2.24) is 0 Å². The molecule has 0 fully saturated rings. The highest BCUT2D eigenvalue weighted by Gasteiger charge is 2.09. The molecule has 0 spiro atoms. The zero-order valence-corrected chi connectivity index (χ0v) is 11.4. The summed E-state index contributed by atoms with van der Waals surface area (Å²) in [5.41, 5.74) is 0.926. The molecule has 2 N–H and O–H groups in total. The van der Waals surface area contributed by atoms with Gasteiger partial charge in [0.05, 0.1) is 12.2 Å². The van der Waals surface area contributed by atoms with Crippen LogP contribution in [0.25, 0.3) is 0 Å². The van der Waals surface area contributed by atoms with E-state index >= 15 is 0 Å². The topological polar surface area (TPSA) is 66.8 Å². The Kier molecular flexibility index (Phi) is 4.19. The molecule has 5 heteroatoms. The molecule has 0 atom stereocenters. The lowest BCUT2D eigenvalue weighted by Gasteiger charge is -2.08. The highest BCUT2D eigenvalue weighted by Crippen LogP contribution is 2.27. The van der Waals surface area contributed by atoms with Crippen molar-refractivity contribution >= 4 is 21.9 Å². The maximum Gasteiger partial charge on any atom is 0.336 e. The van der Waals surface area contributed by atoms with Gasteiger partial charge in [0.1, 0.15) is 11.5 Å². The quantitative estimate of drug-likeness (QED) is 0.905. The first-order valence-corrected chi connectivity index (χ1v) is 6.30. The van der Waals surface area contributed by atoms with Gasteiger partial charge in [-0.25, -0.2) is 4.79 Å². The van der Waals surface area contributed by atoms with Gasteiger partial charge in [-0.2, -0.15) is 0 Å². The molecule has 98 valence electrons. The first-order valence-electron chi connectivity index (χ1n) is 5.50. The van der Waals surface area contributed by atoms with Gasteiger partial charge in [-0.1, -0.05) is 12.1 Å². The molecule has 0 aliphatic carbocycles. The molecule has 0 saturated carbocycles. The number of ether oxygens (including phenoxy) is 1. The van der Waals surface area contributed by atoms with E-state index in [1.165, 1.54) is 6.07 Å². The molecule has 0 amide bonds. The number of hydrogen-bond donors (Lipinski definition) is 2. The molecule has 0 bridgehead atoms. The number of carboxylic acids is 1. The van der Waals surface area contributed by atoms with E-state index in [0.717, 1.165) is 5.56 Å². The van der Waals surface area contributed by atoms with Crippen molar-refractivity contribution in [2.75, 3.05) is 0 Å². The molecule has 2 rings (SSSR count). The molecule has 0 radical (unpaired) electrons. The fourth-order valence-electron chi connectivity index (χ4n) is 1.58. The third-order valence-electron chi connectivity index (χ3n) is 2.49. The standard InChI is InChI=1S/C14H11BrO4/c15-13-7-11(4-5-12(13)14(17)18)19-10-3-1-2-9(6-10)8-16/h1-7,16H,8H2,(H,17,18). The van der Waals surface area contributed by atoms with Crippen LogP contribution in [0.4, 0.5) is 0 Å². The Bertz CT molecular complexity index is 610. The Morgan fingerprint density at radius 2 is 1.89 bits per heavy atom. The summed E-state index contributed by atoms with van der Waals surface area (Å²) in [6.07, 6.45) is 0. The smallest absolute Gasteiger partial charge is 0.336 e. The van der Waals surface area contributed by atoms with Crippen LogP contribution in [0.5, 0.6) is 11.5 Å². The summed E-state index contributed by atoms with van der Waals surface area (Å²) < 4.78 is 6.06. The minimum absolute atomic E-state index is 0.0567. The number of rotatable bonds is 4. The second-order valence-electron chi connectivity index (χ2n) is 3.85. The van der Waals surface area contributed by atoms with Gasteiger partial charge in [0.2, 0.25) is 0 Å². The molecule has 0 saturated heterocycles. The number of aromatic carboxylic acids is 1. The molecule has 0 aliphatic rings. The lowest BCUT2D eigenvalue weighted by molar-refractivity contribution is 0.0696. The molecular weight excluding hydrogens is 312 g/mol. The second kappa shape index (κ2) is 5.86. The van der Waals surface area contributed by atoms with Crippen LogP contribution in [-0.4, -0.2) is 16.2 Å². The highest BCUT2D eigenvalue weighted by molar-refractivity contribution is 9.10. The van der Waals surface area contributed by atoms with Crippen molar-refractivity contribution in [3.63, 3.8) is 0 Å². The Hall–Kier alpha value is -1.85. The van der Waals surface area contributed by atoms with Crippen molar-refractivity contribution in [2.24, 2.45) is 0 Å². The van der Waals surface area contributed by atoms with Crippen molar-refractivity contribution in [1.29, 1.82) is 0 Å². The lowest BCUT2D eigenvalue weighted by atomic mass is 10.2. The SMILES string of the molecule is O=C(O)c1ccc(Oc2cccc(CO)c2)cc1Br. The summed E-state index contributed by atoms with van der Waals surface area (Å²) in [5, 5.41) is 18.0. The van der Waals surface area contributed by atoms with E-state index in [4.69, 9.17) is 14.9 Å². The van der Waals surface area contributed by atoms with Crippen molar-refractivity contribution < 1.29 is 19.7 Å². The van der Waals surface area contributed by atoms with E-state index in [9.17, 15) is 4.79 Å². The predicted octanol–water partition coefficient (Wildman–Crippen LogP) is 3.43. The first-order chi connectivity index (χ1) is 9.10. The minimum Gasteiger partial charge on any atom is -0.478 e. The zero-order valence-electron chi connectivity index (χ0n) is 9.84. The largest absolute Gasteiger partial charge is 0.478 e. The van der Waals surface area contributed by atoms with E-state index in [-0.39, 0.29) is 12.2 Å².